The molecule has 4 saturated carbocycles. The monoisotopic (exact) mass is 357 g/mol. The van der Waals surface area contributed by atoms with Crippen LogP contribution in [0, 0.1) is 23.7 Å². The molecule has 1 saturated heterocycles. The van der Waals surface area contributed by atoms with Crippen LogP contribution in [-0.2, 0) is 15.0 Å². The summed E-state index contributed by atoms with van der Waals surface area (Å²) >= 11 is 0. The van der Waals surface area contributed by atoms with E-state index in [4.69, 9.17) is 4.84 Å². The van der Waals surface area contributed by atoms with Crippen LogP contribution >= 0.6 is 0 Å². The van der Waals surface area contributed by atoms with Gasteiger partial charge in [0.1, 0.15) is 6.61 Å². The molecule has 26 heavy (non-hydrogen) atoms. The molecule has 140 valence electrons. The zero-order chi connectivity index (χ0) is 17.9. The summed E-state index contributed by atoms with van der Waals surface area (Å²) in [5.41, 5.74) is 1.10. The fourth-order valence-electron chi connectivity index (χ4n) is 6.56. The third-order valence-electron chi connectivity index (χ3n) is 7.60. The zero-order valence-electron chi connectivity index (χ0n) is 15.0. The van der Waals surface area contributed by atoms with E-state index in [0.717, 1.165) is 25.7 Å². The van der Waals surface area contributed by atoms with Crippen molar-refractivity contribution in [3.05, 3.63) is 35.9 Å². The number of aliphatic hydroxyl groups is 2. The molecule has 4 aliphatic carbocycles. The molecule has 1 aromatic carbocycles. The number of amides is 1. The lowest BCUT2D eigenvalue weighted by atomic mass is 9.42. The van der Waals surface area contributed by atoms with Gasteiger partial charge in [-0.05, 0) is 54.9 Å². The average molecular weight is 357 g/mol. The lowest BCUT2D eigenvalue weighted by Gasteiger charge is -2.63. The van der Waals surface area contributed by atoms with Gasteiger partial charge in [0.25, 0.3) is 0 Å². The normalized spacial score (nSPS) is 43.8. The Kier molecular flexibility index (Phi) is 3.89. The van der Waals surface area contributed by atoms with Crippen LogP contribution in [0.15, 0.2) is 30.3 Å². The van der Waals surface area contributed by atoms with Crippen molar-refractivity contribution in [3.8, 4) is 0 Å². The van der Waals surface area contributed by atoms with Gasteiger partial charge >= 0.3 is 0 Å². The quantitative estimate of drug-likeness (QED) is 0.867. The van der Waals surface area contributed by atoms with Crippen molar-refractivity contribution >= 4 is 5.91 Å². The molecular formula is C21H27NO4. The summed E-state index contributed by atoms with van der Waals surface area (Å²) in [6.45, 7) is 0.469. The maximum absolute atomic E-state index is 13.1. The molecule has 1 aromatic rings. The Hall–Kier alpha value is -1.43. The first-order valence-corrected chi connectivity index (χ1v) is 9.93. The number of aliphatic hydroxyl groups excluding tert-OH is 2. The third kappa shape index (κ3) is 2.37. The maximum atomic E-state index is 13.1. The van der Waals surface area contributed by atoms with Gasteiger partial charge in [0.15, 0.2) is 0 Å². The van der Waals surface area contributed by atoms with Gasteiger partial charge in [-0.25, -0.2) is 5.06 Å². The molecule has 5 aliphatic rings. The number of nitrogens with zero attached hydrogens (tertiary/aromatic N) is 1. The Morgan fingerprint density at radius 2 is 1.69 bits per heavy atom. The molecule has 0 spiro atoms. The molecule has 4 bridgehead atoms. The first-order chi connectivity index (χ1) is 12.6. The second kappa shape index (κ2) is 6.04. The molecular weight excluding hydrogens is 330 g/mol. The molecule has 5 heteroatoms. The van der Waals surface area contributed by atoms with Crippen LogP contribution in [-0.4, -0.2) is 46.5 Å². The van der Waals surface area contributed by atoms with E-state index in [1.54, 1.807) is 0 Å². The van der Waals surface area contributed by atoms with Crippen molar-refractivity contribution in [1.82, 2.24) is 5.06 Å². The first kappa shape index (κ1) is 16.7. The Morgan fingerprint density at radius 1 is 1.08 bits per heavy atom. The van der Waals surface area contributed by atoms with Crippen LogP contribution in [0.3, 0.4) is 0 Å². The Balaban J connectivity index is 1.50. The molecule has 0 unspecified atom stereocenters. The molecule has 1 amide bonds. The van der Waals surface area contributed by atoms with Gasteiger partial charge in [0, 0.05) is 11.8 Å². The fraction of sp³-hybridized carbons (Fsp3) is 0.667. The largest absolute Gasteiger partial charge is 0.393 e. The van der Waals surface area contributed by atoms with Gasteiger partial charge in [0.05, 0.1) is 18.8 Å². The summed E-state index contributed by atoms with van der Waals surface area (Å²) in [5.74, 6) is 1.65. The number of carbonyl (C=O) groups excluding carboxylic acids is 1. The fourth-order valence-corrected chi connectivity index (χ4v) is 6.56. The van der Waals surface area contributed by atoms with Gasteiger partial charge in [-0.3, -0.25) is 9.63 Å². The summed E-state index contributed by atoms with van der Waals surface area (Å²) in [5, 5.41) is 21.6. The summed E-state index contributed by atoms with van der Waals surface area (Å²) in [6.07, 6.45) is 3.76. The zero-order valence-corrected chi connectivity index (χ0v) is 15.0. The number of rotatable bonds is 3. The molecule has 0 aromatic heterocycles. The van der Waals surface area contributed by atoms with Crippen LogP contribution < -0.4 is 0 Å². The average Bonchev–Trinajstić information content (AvgIpc) is 3.07. The van der Waals surface area contributed by atoms with Crippen molar-refractivity contribution in [2.24, 2.45) is 23.7 Å². The van der Waals surface area contributed by atoms with Crippen molar-refractivity contribution in [1.29, 1.82) is 0 Å². The van der Waals surface area contributed by atoms with E-state index in [1.165, 1.54) is 10.6 Å². The number of β-amino-alcohol motifs (C(OH)–C–C–N with tert-alkyl or cyclic N) is 1. The van der Waals surface area contributed by atoms with Gasteiger partial charge in [-0.1, -0.05) is 30.3 Å². The molecule has 5 fully saturated rings. The minimum atomic E-state index is -0.583. The number of benzene rings is 1. The lowest BCUT2D eigenvalue weighted by Crippen LogP contribution is -2.61. The third-order valence-corrected chi connectivity index (χ3v) is 7.60. The van der Waals surface area contributed by atoms with Crippen molar-refractivity contribution in [2.45, 2.75) is 49.7 Å². The van der Waals surface area contributed by atoms with Crippen molar-refractivity contribution in [3.63, 3.8) is 0 Å². The highest BCUT2D eigenvalue weighted by molar-refractivity contribution is 5.77. The van der Waals surface area contributed by atoms with Gasteiger partial charge < -0.3 is 10.2 Å². The minimum absolute atomic E-state index is 0.0153. The number of carbonyl (C=O) groups is 1. The van der Waals surface area contributed by atoms with Crippen LogP contribution in [0.5, 0.6) is 0 Å². The molecule has 2 N–H and O–H groups in total. The summed E-state index contributed by atoms with van der Waals surface area (Å²) in [4.78, 5) is 18.5. The topological polar surface area (TPSA) is 70.0 Å². The molecule has 1 aliphatic heterocycles. The van der Waals surface area contributed by atoms with E-state index in [0.29, 0.717) is 30.1 Å². The first-order valence-electron chi connectivity index (χ1n) is 9.93. The lowest BCUT2D eigenvalue weighted by molar-refractivity contribution is -0.179. The van der Waals surface area contributed by atoms with E-state index in [1.807, 2.05) is 6.07 Å². The van der Waals surface area contributed by atoms with Crippen LogP contribution in [0.2, 0.25) is 0 Å². The van der Waals surface area contributed by atoms with Gasteiger partial charge in [-0.2, -0.15) is 0 Å². The van der Waals surface area contributed by atoms with Gasteiger partial charge in [-0.15, -0.1) is 0 Å². The highest BCUT2D eigenvalue weighted by Gasteiger charge is 2.61. The summed E-state index contributed by atoms with van der Waals surface area (Å²) in [6, 6.07) is 10.5. The van der Waals surface area contributed by atoms with Crippen molar-refractivity contribution in [2.75, 3.05) is 13.2 Å². The van der Waals surface area contributed by atoms with Crippen LogP contribution in [0.25, 0.3) is 0 Å². The number of hydrogen-bond acceptors (Lipinski definition) is 4. The number of hydrogen-bond donors (Lipinski definition) is 2. The van der Waals surface area contributed by atoms with E-state index in [9.17, 15) is 15.0 Å². The SMILES string of the molecule is O=C(CC1(c2ccccc2)C2CC3CC1CC(C2)C3O)N1C[C@H](O)CO1. The minimum Gasteiger partial charge on any atom is -0.393 e. The smallest absolute Gasteiger partial charge is 0.247 e. The van der Waals surface area contributed by atoms with Crippen LogP contribution in [0.4, 0.5) is 0 Å². The standard InChI is InChI=1S/C21H27NO4/c23-18-11-22(26-12-18)19(24)10-21(15-4-2-1-3-5-15)16-6-13-7-17(21)9-14(8-16)20(13)25/h1-5,13-14,16-18,20,23,25H,6-12H2/t13?,14?,16?,17?,18-,20?,21?/m0/s1. The molecule has 1 atom stereocenters. The Morgan fingerprint density at radius 3 is 2.23 bits per heavy atom. The van der Waals surface area contributed by atoms with E-state index in [-0.39, 0.29) is 30.6 Å². The van der Waals surface area contributed by atoms with Gasteiger partial charge in [0.2, 0.25) is 5.91 Å². The predicted molar refractivity (Wildman–Crippen MR) is 94.8 cm³/mol. The Bertz CT molecular complexity index is 661. The molecule has 1 heterocycles. The molecule has 6 rings (SSSR count). The van der Waals surface area contributed by atoms with E-state index < -0.39 is 6.10 Å². The summed E-state index contributed by atoms with van der Waals surface area (Å²) in [7, 11) is 0. The number of hydroxylamine groups is 2. The second-order valence-corrected chi connectivity index (χ2v) is 8.83. The molecule has 5 nitrogen and oxygen atoms in total. The predicted octanol–water partition coefficient (Wildman–Crippen LogP) is 1.88. The molecule has 0 radical (unpaired) electrons. The van der Waals surface area contributed by atoms with E-state index >= 15 is 0 Å². The van der Waals surface area contributed by atoms with Crippen LogP contribution in [0.1, 0.15) is 37.7 Å². The van der Waals surface area contributed by atoms with Crippen molar-refractivity contribution < 1.29 is 19.8 Å². The maximum Gasteiger partial charge on any atom is 0.247 e. The van der Waals surface area contributed by atoms with E-state index in [2.05, 4.69) is 24.3 Å². The highest BCUT2D eigenvalue weighted by atomic mass is 16.7. The second-order valence-electron chi connectivity index (χ2n) is 8.83. The highest BCUT2D eigenvalue weighted by Crippen LogP contribution is 2.64. The Labute approximate surface area is 153 Å². The summed E-state index contributed by atoms with van der Waals surface area (Å²) < 4.78 is 0.